The Morgan fingerprint density at radius 3 is 2.65 bits per heavy atom. The number of ether oxygens (including phenoxy) is 1. The van der Waals surface area contributed by atoms with Crippen LogP contribution in [-0.4, -0.2) is 24.7 Å². The van der Waals surface area contributed by atoms with Crippen molar-refractivity contribution in [3.8, 4) is 0 Å². The van der Waals surface area contributed by atoms with Gasteiger partial charge in [0.2, 0.25) is 6.08 Å². The number of isocyanates is 1. The number of nitrogens with zero attached hydrogens (tertiary/aromatic N) is 1. The van der Waals surface area contributed by atoms with E-state index in [9.17, 15) is 9.59 Å². The summed E-state index contributed by atoms with van der Waals surface area (Å²) in [7, 11) is 0. The average Bonchev–Trinajstić information content (AvgIpc) is 2.28. The van der Waals surface area contributed by atoms with Crippen LogP contribution in [0.2, 0.25) is 0 Å². The first kappa shape index (κ1) is 15.6. The zero-order valence-corrected chi connectivity index (χ0v) is 10.7. The van der Waals surface area contributed by atoms with E-state index in [0.717, 1.165) is 32.1 Å². The lowest BCUT2D eigenvalue weighted by atomic mass is 10.1. The smallest absolute Gasteiger partial charge is 0.333 e. The first-order valence-corrected chi connectivity index (χ1v) is 6.01. The molecule has 0 saturated heterocycles. The molecule has 1 atom stereocenters. The van der Waals surface area contributed by atoms with E-state index in [1.54, 1.807) is 13.0 Å². The van der Waals surface area contributed by atoms with Crippen molar-refractivity contribution < 1.29 is 14.3 Å². The maximum Gasteiger partial charge on any atom is 0.333 e. The van der Waals surface area contributed by atoms with Gasteiger partial charge in [0.1, 0.15) is 0 Å². The minimum Gasteiger partial charge on any atom is -0.462 e. The normalized spacial score (nSPS) is 11.4. The summed E-state index contributed by atoms with van der Waals surface area (Å²) in [6, 6.07) is 0.0642. The second-order valence-electron chi connectivity index (χ2n) is 4.07. The Bertz CT molecular complexity index is 293. The monoisotopic (exact) mass is 239 g/mol. The molecule has 0 amide bonds. The average molecular weight is 239 g/mol. The summed E-state index contributed by atoms with van der Waals surface area (Å²) in [5.74, 6) is -0.346. The summed E-state index contributed by atoms with van der Waals surface area (Å²) in [5, 5.41) is 0. The molecular formula is C13H21NO3. The fourth-order valence-corrected chi connectivity index (χ4v) is 1.45. The second kappa shape index (κ2) is 9.79. The highest BCUT2D eigenvalue weighted by atomic mass is 16.5. The summed E-state index contributed by atoms with van der Waals surface area (Å²) in [6.45, 7) is 7.58. The third kappa shape index (κ3) is 8.40. The molecule has 0 aromatic rings. The molecule has 0 aromatic heterocycles. The van der Waals surface area contributed by atoms with Crippen molar-refractivity contribution in [1.29, 1.82) is 0 Å². The molecule has 96 valence electrons. The van der Waals surface area contributed by atoms with Crippen LogP contribution in [0.15, 0.2) is 17.1 Å². The number of esters is 1. The molecule has 4 heteroatoms. The largest absolute Gasteiger partial charge is 0.462 e. The van der Waals surface area contributed by atoms with Crippen molar-refractivity contribution in [1.82, 2.24) is 0 Å². The molecule has 4 nitrogen and oxygen atoms in total. The summed E-state index contributed by atoms with van der Waals surface area (Å²) in [4.78, 5) is 25.0. The summed E-state index contributed by atoms with van der Waals surface area (Å²) < 4.78 is 4.96. The van der Waals surface area contributed by atoms with Gasteiger partial charge in [0, 0.05) is 5.57 Å². The molecule has 0 spiro atoms. The van der Waals surface area contributed by atoms with Gasteiger partial charge < -0.3 is 4.74 Å². The molecule has 0 fully saturated rings. The number of unbranched alkanes of at least 4 members (excludes halogenated alkanes) is 1. The van der Waals surface area contributed by atoms with Crippen LogP contribution in [0.1, 0.15) is 46.0 Å². The minimum atomic E-state index is -0.346. The van der Waals surface area contributed by atoms with Crippen LogP contribution >= 0.6 is 0 Å². The highest BCUT2D eigenvalue weighted by Crippen LogP contribution is 2.10. The van der Waals surface area contributed by atoms with Gasteiger partial charge in [-0.15, -0.1) is 0 Å². The van der Waals surface area contributed by atoms with E-state index in [1.165, 1.54) is 0 Å². The molecule has 0 bridgehead atoms. The van der Waals surface area contributed by atoms with E-state index in [-0.39, 0.29) is 12.0 Å². The molecule has 0 aliphatic heterocycles. The lowest BCUT2D eigenvalue weighted by molar-refractivity contribution is -0.139. The quantitative estimate of drug-likeness (QED) is 0.204. The van der Waals surface area contributed by atoms with Crippen molar-refractivity contribution in [2.24, 2.45) is 4.99 Å². The second-order valence-corrected chi connectivity index (χ2v) is 4.07. The van der Waals surface area contributed by atoms with Gasteiger partial charge in [0.15, 0.2) is 0 Å². The Morgan fingerprint density at radius 2 is 2.12 bits per heavy atom. The molecule has 17 heavy (non-hydrogen) atoms. The standard InChI is InChI=1S/C13H21NO3/c1-4-7-12(14-10-15)8-5-6-9-17-13(16)11(2)3/h12H,2,4-9H2,1,3H3. The van der Waals surface area contributed by atoms with E-state index in [0.29, 0.717) is 12.2 Å². The Kier molecular flexibility index (Phi) is 8.98. The zero-order chi connectivity index (χ0) is 13.1. The Balaban J connectivity index is 3.64. The van der Waals surface area contributed by atoms with Crippen molar-refractivity contribution in [2.45, 2.75) is 52.0 Å². The van der Waals surface area contributed by atoms with Crippen LogP contribution in [0, 0.1) is 0 Å². The van der Waals surface area contributed by atoms with Gasteiger partial charge in [-0.3, -0.25) is 0 Å². The van der Waals surface area contributed by atoms with Crippen LogP contribution in [0.3, 0.4) is 0 Å². The van der Waals surface area contributed by atoms with Crippen LogP contribution < -0.4 is 0 Å². The molecule has 0 rings (SSSR count). The number of rotatable bonds is 9. The van der Waals surface area contributed by atoms with Crippen LogP contribution in [-0.2, 0) is 14.3 Å². The Labute approximate surface area is 103 Å². The number of aliphatic imine (C=N–C) groups is 1. The molecule has 0 saturated carbocycles. The third-order valence-electron chi connectivity index (χ3n) is 2.37. The van der Waals surface area contributed by atoms with E-state index in [1.807, 2.05) is 0 Å². The van der Waals surface area contributed by atoms with Crippen molar-refractivity contribution in [3.63, 3.8) is 0 Å². The lowest BCUT2D eigenvalue weighted by Gasteiger charge is -2.09. The summed E-state index contributed by atoms with van der Waals surface area (Å²) in [6.07, 6.45) is 6.02. The Morgan fingerprint density at radius 1 is 1.41 bits per heavy atom. The molecule has 0 heterocycles. The first-order valence-electron chi connectivity index (χ1n) is 6.01. The Hall–Kier alpha value is -1.41. The maximum absolute atomic E-state index is 11.1. The van der Waals surface area contributed by atoms with Gasteiger partial charge in [-0.1, -0.05) is 19.9 Å². The summed E-state index contributed by atoms with van der Waals surface area (Å²) >= 11 is 0. The van der Waals surface area contributed by atoms with Gasteiger partial charge in [-0.05, 0) is 32.6 Å². The predicted octanol–water partition coefficient (Wildman–Crippen LogP) is 2.78. The first-order chi connectivity index (χ1) is 8.11. The van der Waals surface area contributed by atoms with E-state index in [2.05, 4.69) is 18.5 Å². The predicted molar refractivity (Wildman–Crippen MR) is 66.4 cm³/mol. The van der Waals surface area contributed by atoms with Gasteiger partial charge in [0.25, 0.3) is 0 Å². The third-order valence-corrected chi connectivity index (χ3v) is 2.37. The molecule has 0 aromatic carbocycles. The summed E-state index contributed by atoms with van der Waals surface area (Å²) in [5.41, 5.74) is 0.416. The van der Waals surface area contributed by atoms with Gasteiger partial charge in [-0.2, -0.15) is 0 Å². The maximum atomic E-state index is 11.1. The van der Waals surface area contributed by atoms with Crippen molar-refractivity contribution >= 4 is 12.0 Å². The fraction of sp³-hybridized carbons (Fsp3) is 0.692. The number of hydrogen-bond donors (Lipinski definition) is 0. The van der Waals surface area contributed by atoms with E-state index in [4.69, 9.17) is 4.74 Å². The highest BCUT2D eigenvalue weighted by Gasteiger charge is 2.06. The van der Waals surface area contributed by atoms with Crippen LogP contribution in [0.25, 0.3) is 0 Å². The van der Waals surface area contributed by atoms with Crippen LogP contribution in [0.4, 0.5) is 0 Å². The van der Waals surface area contributed by atoms with Crippen molar-refractivity contribution in [2.75, 3.05) is 6.61 Å². The zero-order valence-electron chi connectivity index (χ0n) is 10.7. The lowest BCUT2D eigenvalue weighted by Crippen LogP contribution is -2.08. The topological polar surface area (TPSA) is 55.7 Å². The van der Waals surface area contributed by atoms with Crippen LogP contribution in [0.5, 0.6) is 0 Å². The number of carbonyl (C=O) groups is 1. The number of carbonyl (C=O) groups excluding carboxylic acids is 2. The molecular weight excluding hydrogens is 218 g/mol. The molecule has 0 N–H and O–H groups in total. The molecule has 0 aliphatic carbocycles. The van der Waals surface area contributed by atoms with E-state index < -0.39 is 0 Å². The molecule has 0 radical (unpaired) electrons. The number of hydrogen-bond acceptors (Lipinski definition) is 4. The minimum absolute atomic E-state index is 0.0642. The fourth-order valence-electron chi connectivity index (χ4n) is 1.45. The van der Waals surface area contributed by atoms with Gasteiger partial charge >= 0.3 is 5.97 Å². The SMILES string of the molecule is C=C(C)C(=O)OCCCCC(CCC)N=C=O. The molecule has 0 aliphatic rings. The molecule has 1 unspecified atom stereocenters. The van der Waals surface area contributed by atoms with Gasteiger partial charge in [0.05, 0.1) is 12.6 Å². The highest BCUT2D eigenvalue weighted by molar-refractivity contribution is 5.86. The van der Waals surface area contributed by atoms with Crippen molar-refractivity contribution in [3.05, 3.63) is 12.2 Å². The van der Waals surface area contributed by atoms with E-state index >= 15 is 0 Å². The van der Waals surface area contributed by atoms with Gasteiger partial charge in [-0.25, -0.2) is 14.6 Å².